The predicted octanol–water partition coefficient (Wildman–Crippen LogP) is 26.5. The fourth-order valence-corrected chi connectivity index (χ4v) is 26.1. The molecule has 0 radical (unpaired) electrons. The molecule has 3 aromatic heterocycles. The van der Waals surface area contributed by atoms with Crippen LogP contribution in [0.25, 0.3) is 96.2 Å². The van der Waals surface area contributed by atoms with Crippen molar-refractivity contribution >= 4 is 260 Å². The smallest absolute Gasteiger partial charge is 0.304 e. The van der Waals surface area contributed by atoms with Gasteiger partial charge in [-0.15, -0.1) is 93.7 Å². The molecule has 15 aromatic carbocycles. The molecule has 0 spiro atoms. The number of carbonyl (C=O) groups excluding carboxylic acids is 10. The first kappa shape index (κ1) is 87.6. The molecule has 0 bridgehead atoms. The van der Waals surface area contributed by atoms with E-state index in [1.165, 1.54) is 76.8 Å². The van der Waals surface area contributed by atoms with E-state index in [0.29, 0.717) is 62.9 Å². The molecule has 0 aliphatic carbocycles. The molecule has 10 aliphatic heterocycles. The van der Waals surface area contributed by atoms with Crippen LogP contribution in [0.3, 0.4) is 0 Å². The van der Waals surface area contributed by atoms with E-state index in [1.807, 2.05) is 133 Å². The zero-order valence-corrected chi connectivity index (χ0v) is 77.8. The van der Waals surface area contributed by atoms with E-state index < -0.39 is 11.4 Å². The molecule has 0 amide bonds. The van der Waals surface area contributed by atoms with Crippen LogP contribution >= 0.6 is 105 Å². The van der Waals surface area contributed by atoms with Gasteiger partial charge in [0, 0.05) is 150 Å². The fourth-order valence-electron chi connectivity index (χ4n) is 16.9. The summed E-state index contributed by atoms with van der Waals surface area (Å²) in [7, 11) is 0. The molecule has 650 valence electrons. The summed E-state index contributed by atoms with van der Waals surface area (Å²) in [6.07, 6.45) is 0. The number of thioether (sulfide) groups is 8. The van der Waals surface area contributed by atoms with Gasteiger partial charge in [-0.2, -0.15) is 0 Å². The van der Waals surface area contributed by atoms with Crippen molar-refractivity contribution in [2.45, 2.75) is 65.0 Å². The normalized spacial score (nSPS) is 15.4. The number of rotatable bonds is 2. The standard InChI is InChI=1S/C16H13NOS.C14H8O2S.C14H8OS2.3C12H8OS.C10H8O3S.C9H6O3S.C8H6O2/c1-2-17-13-6-4-3-5-10(13)11-8-16-12(7-14(11)17)15(18)9-19-16;15-11-7-17-14-6-9-8-3-1-2-4-12(8)16-13(9)5-10(11)14;15-11-7-16-13-5-9-8-3-1-2-4-12(8)17-14(9)6-10(11)13;13-11-7-14-12-6-9-4-2-1-3-8(9)5-10(11)12;13-10-7-14-11-6-5-8-3-1-2-4-9(8)12(10)11;13-11-7-14-12-9-4-2-1-3-8(9)5-6-10(11)12;1-6(11)13-10-9(12)7-4-2-3-5-8(7)14-10;10-6-3-13-9-2-8-7(1-5(6)9)11-4-12-8;9-7-5-10-8-4-2-1-3-6(7)8/h3-8H,2,9H2,1H3;2*1-6H,7H2;3*1-6H,7H2;2-5,10H,1H3;1-2H,3-4H2;1-4H,5H2. The quantitative estimate of drug-likeness (QED) is 0.147. The predicted molar refractivity (Wildman–Crippen MR) is 536 cm³/mol. The number of furan rings is 1. The second kappa shape index (κ2) is 38.1. The SMILES string of the molecule is CC(=O)OC1Sc2ccccc2C1=O.CCn1c2ccccc2c2cc3c(cc21)C(=O)CS3.O=C1COc2ccccc21.O=C1CSc2c1ccc1ccccc21.O=C1CSc2cc3c(cc21)OCO3.O=C1CSc2cc3c(cc21)oc1ccccc13.O=C1CSc2cc3c(cc21)sc1ccccc13.O=C1CSc2cc3ccccc3cc21.O=C1CSc2ccc3ccccc3c21. The molecule has 1 unspecified atom stereocenters. The Labute approximate surface area is 793 Å². The van der Waals surface area contributed by atoms with E-state index in [9.17, 15) is 47.9 Å². The number of hydrogen-bond donors (Lipinski definition) is 0. The molecule has 25 heteroatoms. The molecule has 16 nitrogen and oxygen atoms in total. The van der Waals surface area contributed by atoms with Gasteiger partial charge in [-0.3, -0.25) is 47.9 Å². The van der Waals surface area contributed by atoms with Gasteiger partial charge in [0.05, 0.1) is 45.8 Å². The molecular weight excluding hydrogens is 1830 g/mol. The third-order valence-corrected chi connectivity index (χ3v) is 33.0. The Morgan fingerprint density at radius 2 is 0.833 bits per heavy atom. The topological polar surface area (TPSA) is 226 Å². The lowest BCUT2D eigenvalue weighted by Gasteiger charge is -2.05. The number of ether oxygens (including phenoxy) is 4. The van der Waals surface area contributed by atoms with Crippen molar-refractivity contribution in [2.75, 3.05) is 53.7 Å². The highest BCUT2D eigenvalue weighted by Crippen LogP contribution is 2.47. The number of benzene rings is 15. The average Bonchev–Trinajstić information content (AvgIpc) is 1.59. The van der Waals surface area contributed by atoms with E-state index in [1.54, 1.807) is 124 Å². The monoisotopic (exact) mass is 1900 g/mol. The van der Waals surface area contributed by atoms with Crippen molar-refractivity contribution in [3.63, 3.8) is 0 Å². The molecule has 0 fully saturated rings. The number of fused-ring (bicyclic) bond motifs is 24. The summed E-state index contributed by atoms with van der Waals surface area (Å²) in [5.41, 5.74) is 10.9. The number of Topliss-reactive ketones (excluding diaryl/α,β-unsaturated/α-hetero) is 9. The van der Waals surface area contributed by atoms with Crippen LogP contribution in [0.4, 0.5) is 0 Å². The number of hydrogen-bond acceptors (Lipinski definition) is 24. The highest BCUT2D eigenvalue weighted by molar-refractivity contribution is 8.02. The first-order valence-electron chi connectivity index (χ1n) is 42.2. The maximum Gasteiger partial charge on any atom is 0.304 e. The van der Waals surface area contributed by atoms with Gasteiger partial charge in [-0.05, 0) is 148 Å². The Hall–Kier alpha value is -12.4. The van der Waals surface area contributed by atoms with Crippen LogP contribution in [-0.2, 0) is 16.1 Å². The number of para-hydroxylation sites is 3. The number of thiophene rings is 1. The minimum atomic E-state index is -0.690. The summed E-state index contributed by atoms with van der Waals surface area (Å²) in [6.45, 7) is 4.84. The molecule has 132 heavy (non-hydrogen) atoms. The number of ketones is 9. The first-order valence-corrected chi connectivity index (χ1v) is 50.8. The Kier molecular flexibility index (Phi) is 25.2. The van der Waals surface area contributed by atoms with Gasteiger partial charge in [-0.1, -0.05) is 182 Å². The Morgan fingerprint density at radius 1 is 0.333 bits per heavy atom. The number of carbonyl (C=O) groups is 10. The highest BCUT2D eigenvalue weighted by atomic mass is 32.2. The number of aromatic nitrogens is 1. The lowest BCUT2D eigenvalue weighted by atomic mass is 10.0. The molecule has 18 aromatic rings. The molecule has 1 atom stereocenters. The first-order chi connectivity index (χ1) is 64.4. The van der Waals surface area contributed by atoms with Crippen molar-refractivity contribution in [2.24, 2.45) is 0 Å². The van der Waals surface area contributed by atoms with Gasteiger partial charge < -0.3 is 27.9 Å². The van der Waals surface area contributed by atoms with Gasteiger partial charge in [0.2, 0.25) is 23.8 Å². The van der Waals surface area contributed by atoms with Crippen LogP contribution in [0, 0.1) is 0 Å². The van der Waals surface area contributed by atoms with E-state index in [0.717, 1.165) is 128 Å². The number of esters is 1. The summed E-state index contributed by atoms with van der Waals surface area (Å²) < 4.78 is 30.9. The van der Waals surface area contributed by atoms with Crippen molar-refractivity contribution in [3.8, 4) is 17.2 Å². The van der Waals surface area contributed by atoms with Crippen molar-refractivity contribution in [1.29, 1.82) is 0 Å². The van der Waals surface area contributed by atoms with Gasteiger partial charge in [0.15, 0.2) is 58.6 Å². The second-order valence-electron chi connectivity index (χ2n) is 31.3. The molecule has 10 aliphatic rings. The van der Waals surface area contributed by atoms with Crippen LogP contribution in [-0.4, -0.2) is 122 Å². The molecule has 0 saturated heterocycles. The molecule has 0 saturated carbocycles. The Morgan fingerprint density at radius 3 is 1.52 bits per heavy atom. The van der Waals surface area contributed by atoms with Gasteiger partial charge in [0.25, 0.3) is 0 Å². The largest absolute Gasteiger partial charge is 0.485 e. The second-order valence-corrected chi connectivity index (χ2v) is 40.6. The van der Waals surface area contributed by atoms with E-state index in [-0.39, 0.29) is 65.4 Å². The van der Waals surface area contributed by atoms with E-state index in [4.69, 9.17) is 23.4 Å². The van der Waals surface area contributed by atoms with Crippen LogP contribution in [0.2, 0.25) is 0 Å². The zero-order valence-electron chi connectivity index (χ0n) is 70.5. The molecule has 13 heterocycles. The van der Waals surface area contributed by atoms with Crippen molar-refractivity contribution in [1.82, 2.24) is 4.57 Å². The van der Waals surface area contributed by atoms with Crippen LogP contribution in [0.1, 0.15) is 107 Å². The summed E-state index contributed by atoms with van der Waals surface area (Å²) >= 11 is 14.5. The minimum Gasteiger partial charge on any atom is -0.485 e. The van der Waals surface area contributed by atoms with Gasteiger partial charge in [-0.25, -0.2) is 0 Å². The summed E-state index contributed by atoms with van der Waals surface area (Å²) in [6, 6.07) is 92.2. The highest BCUT2D eigenvalue weighted by Gasteiger charge is 2.35. The third-order valence-electron chi connectivity index (χ3n) is 23.2. The van der Waals surface area contributed by atoms with E-state index in [2.05, 4.69) is 127 Å². The lowest BCUT2D eigenvalue weighted by Crippen LogP contribution is -2.18. The maximum atomic E-state index is 11.9. The molecule has 0 N–H and O–H groups in total. The van der Waals surface area contributed by atoms with Gasteiger partial charge in [0.1, 0.15) is 16.9 Å². The van der Waals surface area contributed by atoms with Gasteiger partial charge >= 0.3 is 5.97 Å². The maximum absolute atomic E-state index is 11.9. The minimum absolute atomic E-state index is 0.0793. The van der Waals surface area contributed by atoms with E-state index >= 15 is 0 Å². The van der Waals surface area contributed by atoms with Crippen LogP contribution in [0.5, 0.6) is 17.2 Å². The summed E-state index contributed by atoms with van der Waals surface area (Å²) in [4.78, 5) is 123. The summed E-state index contributed by atoms with van der Waals surface area (Å²) in [5.74, 6) is 7.47. The lowest BCUT2D eigenvalue weighted by molar-refractivity contribution is -0.141. The number of aryl methyl sites for hydroxylation is 1. The Balaban J connectivity index is 0.0000000929. The number of nitrogens with zero attached hydrogens (tertiary/aromatic N) is 1. The molecule has 28 rings (SSSR count). The van der Waals surface area contributed by atoms with Crippen LogP contribution in [0.15, 0.2) is 323 Å². The average molecular weight is 1900 g/mol. The third kappa shape index (κ3) is 17.6. The molecular formula is C107H73NO15S9. The summed E-state index contributed by atoms with van der Waals surface area (Å²) in [5, 5.41) is 14.4. The van der Waals surface area contributed by atoms with Crippen molar-refractivity contribution < 1.29 is 71.3 Å². The Bertz CT molecular complexity index is 7770. The van der Waals surface area contributed by atoms with Crippen LogP contribution < -0.4 is 14.2 Å². The van der Waals surface area contributed by atoms with Crippen molar-refractivity contribution in [3.05, 3.63) is 329 Å². The fraction of sp³-hybridized carbons (Fsp3) is 0.121. The zero-order chi connectivity index (χ0) is 90.4.